The maximum atomic E-state index is 11.8. The summed E-state index contributed by atoms with van der Waals surface area (Å²) >= 11 is 0. The number of aryl methyl sites for hydroxylation is 1. The molecule has 0 aliphatic heterocycles. The first-order chi connectivity index (χ1) is 10.2. The largest absolute Gasteiger partial charge is 0.482 e. The van der Waals surface area contributed by atoms with E-state index in [9.17, 15) is 4.79 Å². The average Bonchev–Trinajstić information content (AvgIpc) is 2.48. The molecule has 0 unspecified atom stereocenters. The Morgan fingerprint density at radius 2 is 1.95 bits per heavy atom. The van der Waals surface area contributed by atoms with Gasteiger partial charge in [-0.3, -0.25) is 9.78 Å². The lowest BCUT2D eigenvalue weighted by molar-refractivity contribution is -0.118. The van der Waals surface area contributed by atoms with Crippen LogP contribution in [0.1, 0.15) is 11.4 Å². The van der Waals surface area contributed by atoms with Crippen LogP contribution < -0.4 is 15.4 Å². The number of amides is 1. The third-order valence-corrected chi connectivity index (χ3v) is 2.83. The highest BCUT2D eigenvalue weighted by Crippen LogP contribution is 2.16. The van der Waals surface area contributed by atoms with Crippen LogP contribution in [0.3, 0.4) is 0 Å². The second-order valence-corrected chi connectivity index (χ2v) is 4.63. The Morgan fingerprint density at radius 3 is 2.67 bits per heavy atom. The number of rotatable bonds is 6. The topological polar surface area (TPSA) is 63.3 Å². The third-order valence-electron chi connectivity index (χ3n) is 2.83. The number of para-hydroxylation sites is 1. The highest BCUT2D eigenvalue weighted by atomic mass is 16.5. The van der Waals surface area contributed by atoms with E-state index in [0.717, 1.165) is 17.1 Å². The molecule has 1 amide bonds. The highest BCUT2D eigenvalue weighted by Gasteiger charge is 2.08. The third kappa shape index (κ3) is 4.57. The van der Waals surface area contributed by atoms with Gasteiger partial charge in [0.05, 0.1) is 5.69 Å². The number of anilines is 1. The van der Waals surface area contributed by atoms with Gasteiger partial charge in [-0.2, -0.15) is 0 Å². The van der Waals surface area contributed by atoms with Crippen molar-refractivity contribution in [2.24, 2.45) is 0 Å². The predicted octanol–water partition coefficient (Wildman–Crippen LogP) is 2.13. The first-order valence-corrected chi connectivity index (χ1v) is 6.78. The number of carbonyl (C=O) groups is 1. The number of hydrogen-bond acceptors (Lipinski definition) is 4. The maximum absolute atomic E-state index is 11.8. The molecule has 5 nitrogen and oxygen atoms in total. The molecule has 0 saturated carbocycles. The van der Waals surface area contributed by atoms with Crippen LogP contribution in [-0.4, -0.2) is 24.5 Å². The van der Waals surface area contributed by atoms with Crippen molar-refractivity contribution in [3.05, 3.63) is 53.9 Å². The van der Waals surface area contributed by atoms with Crippen molar-refractivity contribution in [3.8, 4) is 5.75 Å². The number of ether oxygens (including phenoxy) is 1. The van der Waals surface area contributed by atoms with Crippen molar-refractivity contribution in [2.45, 2.75) is 13.5 Å². The van der Waals surface area contributed by atoms with Gasteiger partial charge in [-0.15, -0.1) is 0 Å². The number of carbonyl (C=O) groups excluding carboxylic acids is 1. The van der Waals surface area contributed by atoms with E-state index in [0.29, 0.717) is 12.3 Å². The van der Waals surface area contributed by atoms with Gasteiger partial charge in [-0.05, 0) is 38.2 Å². The van der Waals surface area contributed by atoms with E-state index >= 15 is 0 Å². The van der Waals surface area contributed by atoms with Gasteiger partial charge in [0.1, 0.15) is 5.75 Å². The zero-order valence-electron chi connectivity index (χ0n) is 12.2. The predicted molar refractivity (Wildman–Crippen MR) is 82.3 cm³/mol. The fraction of sp³-hybridized carbons (Fsp3) is 0.250. The summed E-state index contributed by atoms with van der Waals surface area (Å²) in [6.45, 7) is 2.47. The van der Waals surface area contributed by atoms with Crippen LogP contribution in [0.2, 0.25) is 0 Å². The molecule has 0 saturated heterocycles. The van der Waals surface area contributed by atoms with Gasteiger partial charge in [0.15, 0.2) is 6.61 Å². The summed E-state index contributed by atoms with van der Waals surface area (Å²) in [4.78, 5) is 16.3. The lowest BCUT2D eigenvalue weighted by atomic mass is 10.3. The van der Waals surface area contributed by atoms with E-state index in [2.05, 4.69) is 15.6 Å². The Morgan fingerprint density at radius 1 is 1.19 bits per heavy atom. The molecule has 2 aromatic rings. The van der Waals surface area contributed by atoms with Gasteiger partial charge >= 0.3 is 0 Å². The minimum Gasteiger partial charge on any atom is -0.482 e. The smallest absolute Gasteiger partial charge is 0.262 e. The Labute approximate surface area is 124 Å². The number of hydrogen-bond donors (Lipinski definition) is 2. The molecule has 21 heavy (non-hydrogen) atoms. The molecule has 2 rings (SSSR count). The Kier molecular flexibility index (Phi) is 5.29. The van der Waals surface area contributed by atoms with Gasteiger partial charge in [0.2, 0.25) is 0 Å². The van der Waals surface area contributed by atoms with Crippen LogP contribution in [0.15, 0.2) is 42.5 Å². The second kappa shape index (κ2) is 7.40. The van der Waals surface area contributed by atoms with E-state index in [1.807, 2.05) is 56.4 Å². The van der Waals surface area contributed by atoms with Gasteiger partial charge < -0.3 is 15.4 Å². The van der Waals surface area contributed by atoms with Crippen LogP contribution in [0.5, 0.6) is 5.75 Å². The number of nitrogens with zero attached hydrogens (tertiary/aromatic N) is 1. The molecule has 1 heterocycles. The van der Waals surface area contributed by atoms with Crippen molar-refractivity contribution >= 4 is 11.6 Å². The summed E-state index contributed by atoms with van der Waals surface area (Å²) in [7, 11) is 1.84. The van der Waals surface area contributed by atoms with Crippen LogP contribution in [0.25, 0.3) is 0 Å². The molecule has 1 aromatic carbocycles. The SMILES string of the molecule is CNCc1nc(C)ccc1OCC(=O)Nc1ccccc1. The van der Waals surface area contributed by atoms with Gasteiger partial charge in [0.25, 0.3) is 5.91 Å². The van der Waals surface area contributed by atoms with Crippen molar-refractivity contribution in [1.82, 2.24) is 10.3 Å². The minimum atomic E-state index is -0.197. The summed E-state index contributed by atoms with van der Waals surface area (Å²) in [5.74, 6) is 0.426. The fourth-order valence-electron chi connectivity index (χ4n) is 1.89. The zero-order chi connectivity index (χ0) is 15.1. The summed E-state index contributed by atoms with van der Waals surface area (Å²) in [6.07, 6.45) is 0. The van der Waals surface area contributed by atoms with Crippen LogP contribution >= 0.6 is 0 Å². The summed E-state index contributed by atoms with van der Waals surface area (Å²) in [5, 5.41) is 5.81. The highest BCUT2D eigenvalue weighted by molar-refractivity contribution is 5.91. The van der Waals surface area contributed by atoms with Crippen molar-refractivity contribution < 1.29 is 9.53 Å². The standard InChI is InChI=1S/C16H19N3O2/c1-12-8-9-15(14(18-12)10-17-2)21-11-16(20)19-13-6-4-3-5-7-13/h3-9,17H,10-11H2,1-2H3,(H,19,20). The van der Waals surface area contributed by atoms with E-state index in [1.54, 1.807) is 0 Å². The molecule has 0 fully saturated rings. The zero-order valence-corrected chi connectivity index (χ0v) is 12.2. The van der Waals surface area contributed by atoms with Gasteiger partial charge in [-0.1, -0.05) is 18.2 Å². The fourth-order valence-corrected chi connectivity index (χ4v) is 1.89. The average molecular weight is 285 g/mol. The first kappa shape index (κ1) is 15.0. The van der Waals surface area contributed by atoms with Gasteiger partial charge in [0, 0.05) is 17.9 Å². The molecule has 0 atom stereocenters. The Hall–Kier alpha value is -2.40. The summed E-state index contributed by atoms with van der Waals surface area (Å²) in [5.41, 5.74) is 2.47. The van der Waals surface area contributed by atoms with Crippen molar-refractivity contribution in [1.29, 1.82) is 0 Å². The van der Waals surface area contributed by atoms with Crippen molar-refractivity contribution in [2.75, 3.05) is 19.0 Å². The molecule has 5 heteroatoms. The number of benzene rings is 1. The molecular weight excluding hydrogens is 266 g/mol. The number of pyridine rings is 1. The molecule has 0 bridgehead atoms. The van der Waals surface area contributed by atoms with Crippen LogP contribution in [0.4, 0.5) is 5.69 Å². The van der Waals surface area contributed by atoms with Crippen molar-refractivity contribution in [3.63, 3.8) is 0 Å². The summed E-state index contributed by atoms with van der Waals surface area (Å²) < 4.78 is 5.56. The lowest BCUT2D eigenvalue weighted by Gasteiger charge is -2.11. The molecule has 0 radical (unpaired) electrons. The van der Waals surface area contributed by atoms with E-state index in [4.69, 9.17) is 4.74 Å². The Balaban J connectivity index is 1.95. The molecule has 0 spiro atoms. The quantitative estimate of drug-likeness (QED) is 0.853. The number of aromatic nitrogens is 1. The normalized spacial score (nSPS) is 10.2. The van der Waals surface area contributed by atoms with Crippen LogP contribution in [-0.2, 0) is 11.3 Å². The maximum Gasteiger partial charge on any atom is 0.262 e. The van der Waals surface area contributed by atoms with E-state index in [1.165, 1.54) is 0 Å². The number of nitrogens with one attached hydrogen (secondary N) is 2. The van der Waals surface area contributed by atoms with Crippen LogP contribution in [0, 0.1) is 6.92 Å². The van der Waals surface area contributed by atoms with E-state index in [-0.39, 0.29) is 12.5 Å². The molecular formula is C16H19N3O2. The molecule has 2 N–H and O–H groups in total. The molecule has 0 aliphatic rings. The first-order valence-electron chi connectivity index (χ1n) is 6.78. The van der Waals surface area contributed by atoms with Gasteiger partial charge in [-0.25, -0.2) is 0 Å². The van der Waals surface area contributed by atoms with E-state index < -0.39 is 0 Å². The molecule has 0 aliphatic carbocycles. The Bertz CT molecular complexity index is 600. The monoisotopic (exact) mass is 285 g/mol. The second-order valence-electron chi connectivity index (χ2n) is 4.63. The summed E-state index contributed by atoms with van der Waals surface area (Å²) in [6, 6.07) is 13.0. The molecule has 1 aromatic heterocycles. The minimum absolute atomic E-state index is 0.0453. The lowest BCUT2D eigenvalue weighted by Crippen LogP contribution is -2.21. The molecule has 110 valence electrons.